The van der Waals surface area contributed by atoms with Gasteiger partial charge in [0.1, 0.15) is 5.82 Å². The molecule has 2 heterocycles. The summed E-state index contributed by atoms with van der Waals surface area (Å²) in [5, 5.41) is 7.76. The van der Waals surface area contributed by atoms with Crippen LogP contribution in [0.4, 0.5) is 0 Å². The number of nitrogens with zero attached hydrogens (tertiary/aromatic N) is 3. The van der Waals surface area contributed by atoms with Gasteiger partial charge in [0, 0.05) is 37.3 Å². The lowest BCUT2D eigenvalue weighted by Crippen LogP contribution is -2.19. The van der Waals surface area contributed by atoms with Crippen LogP contribution in [0.2, 0.25) is 0 Å². The summed E-state index contributed by atoms with van der Waals surface area (Å²) in [5.41, 5.74) is 2.15. The fraction of sp³-hybridized carbons (Fsp3) is 0.538. The maximum atomic E-state index is 4.41. The largest absolute Gasteiger partial charge is 0.342 e. The molecule has 0 aliphatic heterocycles. The molecule has 96 valence electrons. The van der Waals surface area contributed by atoms with Crippen LogP contribution < -0.4 is 5.32 Å². The molecule has 1 aliphatic carbocycles. The Kier molecular flexibility index (Phi) is 3.15. The molecule has 0 atom stereocenters. The smallest absolute Gasteiger partial charge is 0.107 e. The van der Waals surface area contributed by atoms with Gasteiger partial charge >= 0.3 is 0 Å². The number of imidazole rings is 1. The second-order valence-corrected chi connectivity index (χ2v) is 4.81. The molecule has 3 rings (SSSR count). The van der Waals surface area contributed by atoms with E-state index in [1.807, 2.05) is 23.3 Å². The van der Waals surface area contributed by atoms with E-state index in [1.165, 1.54) is 12.8 Å². The van der Waals surface area contributed by atoms with Crippen LogP contribution in [0.3, 0.4) is 0 Å². The molecule has 0 amide bonds. The summed E-state index contributed by atoms with van der Waals surface area (Å²) in [6.07, 6.45) is 9.43. The quantitative estimate of drug-likeness (QED) is 0.812. The molecular formula is C13H19N5. The minimum Gasteiger partial charge on any atom is -0.342 e. The first-order valence-corrected chi connectivity index (χ1v) is 6.65. The van der Waals surface area contributed by atoms with Crippen molar-refractivity contribution in [2.75, 3.05) is 6.54 Å². The van der Waals surface area contributed by atoms with Gasteiger partial charge in [-0.15, -0.1) is 0 Å². The van der Waals surface area contributed by atoms with E-state index in [-0.39, 0.29) is 0 Å². The Hall–Kier alpha value is -1.62. The van der Waals surface area contributed by atoms with E-state index < -0.39 is 0 Å². The minimum absolute atomic E-state index is 0.766. The van der Waals surface area contributed by atoms with E-state index >= 15 is 0 Å². The van der Waals surface area contributed by atoms with Crippen LogP contribution in [0.15, 0.2) is 18.6 Å². The molecule has 2 N–H and O–H groups in total. The molecule has 2 aromatic rings. The Morgan fingerprint density at radius 3 is 3.06 bits per heavy atom. The molecular weight excluding hydrogens is 226 g/mol. The zero-order valence-electron chi connectivity index (χ0n) is 10.7. The summed E-state index contributed by atoms with van der Waals surface area (Å²) in [7, 11) is 0. The van der Waals surface area contributed by atoms with Crippen molar-refractivity contribution in [3.05, 3.63) is 24.4 Å². The average molecular weight is 245 g/mol. The second kappa shape index (κ2) is 4.94. The van der Waals surface area contributed by atoms with Crippen LogP contribution in [-0.2, 0) is 13.0 Å². The van der Waals surface area contributed by atoms with Crippen molar-refractivity contribution in [2.24, 2.45) is 0 Å². The van der Waals surface area contributed by atoms with Crippen LogP contribution in [-0.4, -0.2) is 32.3 Å². The van der Waals surface area contributed by atoms with Gasteiger partial charge in [-0.1, -0.05) is 0 Å². The highest BCUT2D eigenvalue weighted by atomic mass is 15.3. The van der Waals surface area contributed by atoms with E-state index in [0.717, 1.165) is 42.6 Å². The van der Waals surface area contributed by atoms with E-state index in [2.05, 4.69) is 27.3 Å². The predicted molar refractivity (Wildman–Crippen MR) is 70.2 cm³/mol. The number of hydrogen-bond acceptors (Lipinski definition) is 3. The number of nitrogens with one attached hydrogen (secondary N) is 2. The van der Waals surface area contributed by atoms with Crippen molar-refractivity contribution in [1.29, 1.82) is 0 Å². The fourth-order valence-electron chi connectivity index (χ4n) is 1.99. The Labute approximate surface area is 107 Å². The lowest BCUT2D eigenvalue weighted by molar-refractivity contribution is 0.660. The van der Waals surface area contributed by atoms with Gasteiger partial charge in [-0.3, -0.25) is 4.68 Å². The normalized spacial score (nSPS) is 15.2. The third kappa shape index (κ3) is 2.61. The minimum atomic E-state index is 0.766. The summed E-state index contributed by atoms with van der Waals surface area (Å²) in [6.45, 7) is 3.98. The van der Waals surface area contributed by atoms with Gasteiger partial charge in [0.05, 0.1) is 18.1 Å². The molecule has 5 nitrogen and oxygen atoms in total. The first-order valence-electron chi connectivity index (χ1n) is 6.65. The number of rotatable bonds is 6. The van der Waals surface area contributed by atoms with Crippen LogP contribution in [0, 0.1) is 0 Å². The van der Waals surface area contributed by atoms with Crippen molar-refractivity contribution < 1.29 is 0 Å². The van der Waals surface area contributed by atoms with E-state index in [9.17, 15) is 0 Å². The third-order valence-corrected chi connectivity index (χ3v) is 3.27. The Morgan fingerprint density at radius 1 is 1.44 bits per heavy atom. The zero-order valence-corrected chi connectivity index (χ0v) is 10.7. The van der Waals surface area contributed by atoms with Crippen LogP contribution in [0.25, 0.3) is 11.3 Å². The summed E-state index contributed by atoms with van der Waals surface area (Å²) >= 11 is 0. The highest BCUT2D eigenvalue weighted by Gasteiger charge is 2.19. The number of H-pyrrole nitrogens is 1. The molecule has 5 heteroatoms. The van der Waals surface area contributed by atoms with Gasteiger partial charge in [-0.2, -0.15) is 5.10 Å². The topological polar surface area (TPSA) is 58.5 Å². The summed E-state index contributed by atoms with van der Waals surface area (Å²) < 4.78 is 1.92. The maximum absolute atomic E-state index is 4.41. The number of hydrogen-bond donors (Lipinski definition) is 2. The monoisotopic (exact) mass is 245 g/mol. The molecule has 0 radical (unpaired) electrons. The lowest BCUT2D eigenvalue weighted by atomic mass is 10.3. The van der Waals surface area contributed by atoms with Crippen LogP contribution >= 0.6 is 0 Å². The predicted octanol–water partition coefficient (Wildman–Crippen LogP) is 1.59. The maximum Gasteiger partial charge on any atom is 0.107 e. The van der Waals surface area contributed by atoms with E-state index in [1.54, 1.807) is 0 Å². The SMILES string of the molecule is CCn1cc(-c2cnc(CCNC3CC3)[nH]2)cn1. The molecule has 0 saturated heterocycles. The molecule has 1 aliphatic rings. The van der Waals surface area contributed by atoms with Crippen molar-refractivity contribution >= 4 is 0 Å². The Morgan fingerprint density at radius 2 is 2.33 bits per heavy atom. The molecule has 0 bridgehead atoms. The molecule has 0 unspecified atom stereocenters. The molecule has 0 spiro atoms. The van der Waals surface area contributed by atoms with Gasteiger partial charge < -0.3 is 10.3 Å². The van der Waals surface area contributed by atoms with Gasteiger partial charge in [0.25, 0.3) is 0 Å². The second-order valence-electron chi connectivity index (χ2n) is 4.81. The standard InChI is InChI=1S/C13H19N5/c1-2-18-9-10(7-16-18)12-8-15-13(17-12)5-6-14-11-3-4-11/h7-9,11,14H,2-6H2,1H3,(H,15,17). The van der Waals surface area contributed by atoms with Crippen molar-refractivity contribution in [3.8, 4) is 11.3 Å². The lowest BCUT2D eigenvalue weighted by Gasteiger charge is -1.99. The van der Waals surface area contributed by atoms with E-state index in [0.29, 0.717) is 0 Å². The summed E-state index contributed by atoms with van der Waals surface area (Å²) in [6, 6.07) is 0.766. The Bertz CT molecular complexity index is 509. The van der Waals surface area contributed by atoms with Gasteiger partial charge in [-0.25, -0.2) is 4.98 Å². The van der Waals surface area contributed by atoms with Crippen molar-refractivity contribution in [1.82, 2.24) is 25.1 Å². The van der Waals surface area contributed by atoms with Crippen LogP contribution in [0.1, 0.15) is 25.6 Å². The Balaban J connectivity index is 1.60. The summed E-state index contributed by atoms with van der Waals surface area (Å²) in [5.74, 6) is 1.04. The van der Waals surface area contributed by atoms with Gasteiger partial charge in [-0.05, 0) is 19.8 Å². The zero-order chi connectivity index (χ0) is 12.4. The number of aryl methyl sites for hydroxylation is 1. The number of aromatic amines is 1. The molecule has 18 heavy (non-hydrogen) atoms. The highest BCUT2D eigenvalue weighted by molar-refractivity contribution is 5.55. The van der Waals surface area contributed by atoms with Crippen molar-refractivity contribution in [3.63, 3.8) is 0 Å². The average Bonchev–Trinajstić information content (AvgIpc) is 2.92. The summed E-state index contributed by atoms with van der Waals surface area (Å²) in [4.78, 5) is 7.77. The van der Waals surface area contributed by atoms with Crippen molar-refractivity contribution in [2.45, 2.75) is 38.8 Å². The van der Waals surface area contributed by atoms with Gasteiger partial charge in [0.2, 0.25) is 0 Å². The molecule has 2 aromatic heterocycles. The first kappa shape index (κ1) is 11.5. The molecule has 0 aromatic carbocycles. The number of aromatic nitrogens is 4. The molecule has 1 fully saturated rings. The fourth-order valence-corrected chi connectivity index (χ4v) is 1.99. The highest BCUT2D eigenvalue weighted by Crippen LogP contribution is 2.19. The van der Waals surface area contributed by atoms with Crippen LogP contribution in [0.5, 0.6) is 0 Å². The van der Waals surface area contributed by atoms with Gasteiger partial charge in [0.15, 0.2) is 0 Å². The molecule has 1 saturated carbocycles. The third-order valence-electron chi connectivity index (χ3n) is 3.27. The van der Waals surface area contributed by atoms with E-state index in [4.69, 9.17) is 0 Å². The first-order chi connectivity index (χ1) is 8.85.